The fourth-order valence-corrected chi connectivity index (χ4v) is 5.95. The summed E-state index contributed by atoms with van der Waals surface area (Å²) in [6, 6.07) is 0. The van der Waals surface area contributed by atoms with Gasteiger partial charge in [-0.25, -0.2) is 0 Å². The summed E-state index contributed by atoms with van der Waals surface area (Å²) in [6.07, 6.45) is 32.5. The lowest BCUT2D eigenvalue weighted by Crippen LogP contribution is -2.55. The van der Waals surface area contributed by atoms with E-state index in [1.54, 1.807) is 0 Å². The largest absolute Gasteiger partial charge is 0.293 e. The average molecular weight is 480 g/mol. The molecule has 0 aromatic heterocycles. The molecule has 1 heteroatoms. The summed E-state index contributed by atoms with van der Waals surface area (Å²) in [5.41, 5.74) is 0.634. The summed E-state index contributed by atoms with van der Waals surface area (Å²) in [5.74, 6) is 0. The van der Waals surface area contributed by atoms with Gasteiger partial charge in [-0.05, 0) is 53.5 Å². The highest BCUT2D eigenvalue weighted by Crippen LogP contribution is 2.34. The third-order valence-electron chi connectivity index (χ3n) is 8.23. The summed E-state index contributed by atoms with van der Waals surface area (Å²) in [4.78, 5) is 2.92. The van der Waals surface area contributed by atoms with E-state index >= 15 is 0 Å². The third kappa shape index (κ3) is 18.3. The number of hydrogen-bond donors (Lipinski definition) is 0. The molecule has 0 radical (unpaired) electrons. The standard InChI is InChI=1S/C33H69N/c1-8-11-14-16-18-20-22-24-26-29-32(4,5)34(31-28-13-10-3)33(6,7)30-27-25-23-21-19-17-15-12-9-2/h8-31H2,1-7H3. The second-order valence-corrected chi connectivity index (χ2v) is 12.6. The van der Waals surface area contributed by atoms with Crippen LogP contribution in [0.25, 0.3) is 0 Å². The van der Waals surface area contributed by atoms with E-state index in [1.165, 1.54) is 154 Å². The van der Waals surface area contributed by atoms with Crippen LogP contribution in [0.3, 0.4) is 0 Å². The first kappa shape index (κ1) is 34.0. The molecular formula is C33H69N. The molecule has 0 saturated carbocycles. The molecule has 0 amide bonds. The molecule has 0 N–H and O–H groups in total. The summed E-state index contributed by atoms with van der Waals surface area (Å²) in [6.45, 7) is 18.4. The first-order valence-electron chi connectivity index (χ1n) is 16.1. The van der Waals surface area contributed by atoms with Crippen molar-refractivity contribution in [2.24, 2.45) is 0 Å². The Balaban J connectivity index is 4.41. The fourth-order valence-electron chi connectivity index (χ4n) is 5.95. The van der Waals surface area contributed by atoms with Crippen LogP contribution >= 0.6 is 0 Å². The van der Waals surface area contributed by atoms with Gasteiger partial charge in [-0.2, -0.15) is 0 Å². The van der Waals surface area contributed by atoms with E-state index < -0.39 is 0 Å². The first-order valence-corrected chi connectivity index (χ1v) is 16.1. The minimum atomic E-state index is 0.317. The highest BCUT2D eigenvalue weighted by molar-refractivity contribution is 4.92. The third-order valence-corrected chi connectivity index (χ3v) is 8.23. The quantitative estimate of drug-likeness (QED) is 0.111. The van der Waals surface area contributed by atoms with Crippen LogP contribution in [-0.2, 0) is 0 Å². The molecule has 0 aliphatic rings. The molecule has 0 bridgehead atoms. The maximum Gasteiger partial charge on any atom is 0.0158 e. The number of rotatable bonds is 26. The van der Waals surface area contributed by atoms with E-state index in [-0.39, 0.29) is 0 Å². The molecule has 206 valence electrons. The molecule has 0 spiro atoms. The summed E-state index contributed by atoms with van der Waals surface area (Å²) < 4.78 is 0. The molecular weight excluding hydrogens is 410 g/mol. The minimum absolute atomic E-state index is 0.317. The van der Waals surface area contributed by atoms with Crippen molar-refractivity contribution in [3.05, 3.63) is 0 Å². The minimum Gasteiger partial charge on any atom is -0.293 e. The van der Waals surface area contributed by atoms with Crippen molar-refractivity contribution < 1.29 is 0 Å². The summed E-state index contributed by atoms with van der Waals surface area (Å²) >= 11 is 0. The predicted octanol–water partition coefficient (Wildman–Crippen LogP) is 11.9. The van der Waals surface area contributed by atoms with Crippen LogP contribution in [-0.4, -0.2) is 22.5 Å². The second-order valence-electron chi connectivity index (χ2n) is 12.6. The molecule has 0 aromatic rings. The van der Waals surface area contributed by atoms with Gasteiger partial charge in [0, 0.05) is 11.1 Å². The van der Waals surface area contributed by atoms with Gasteiger partial charge in [0.25, 0.3) is 0 Å². The maximum absolute atomic E-state index is 2.92. The molecule has 0 aromatic carbocycles. The Kier molecular flexibility index (Phi) is 22.2. The molecule has 34 heavy (non-hydrogen) atoms. The number of nitrogens with zero attached hydrogens (tertiary/aromatic N) is 1. The zero-order valence-corrected chi connectivity index (χ0v) is 25.4. The van der Waals surface area contributed by atoms with E-state index in [0.29, 0.717) is 11.1 Å². The molecule has 0 rings (SSSR count). The topological polar surface area (TPSA) is 3.24 Å². The highest BCUT2D eigenvalue weighted by atomic mass is 15.2. The van der Waals surface area contributed by atoms with Crippen LogP contribution in [0, 0.1) is 0 Å². The Morgan fingerprint density at radius 3 is 0.941 bits per heavy atom. The number of unbranched alkanes of at least 4 members (excludes halogenated alkanes) is 18. The van der Waals surface area contributed by atoms with E-state index in [9.17, 15) is 0 Å². The van der Waals surface area contributed by atoms with Gasteiger partial charge >= 0.3 is 0 Å². The van der Waals surface area contributed by atoms with Crippen LogP contribution < -0.4 is 0 Å². The average Bonchev–Trinajstić information content (AvgIpc) is 2.79. The lowest BCUT2D eigenvalue weighted by Gasteiger charge is -2.49. The van der Waals surface area contributed by atoms with E-state index in [2.05, 4.69) is 53.4 Å². The van der Waals surface area contributed by atoms with Gasteiger partial charge in [0.1, 0.15) is 0 Å². The van der Waals surface area contributed by atoms with Crippen LogP contribution in [0.5, 0.6) is 0 Å². The second kappa shape index (κ2) is 22.2. The van der Waals surface area contributed by atoms with Gasteiger partial charge in [0.2, 0.25) is 0 Å². The monoisotopic (exact) mass is 480 g/mol. The van der Waals surface area contributed by atoms with Gasteiger partial charge in [-0.3, -0.25) is 4.90 Å². The Hall–Kier alpha value is -0.0400. The Morgan fingerprint density at radius 2 is 0.618 bits per heavy atom. The SMILES string of the molecule is CCCCCCCCCCCC(C)(C)N(CCCCC)C(C)(C)CCCCCCCCCCC. The van der Waals surface area contributed by atoms with Crippen LogP contribution in [0.2, 0.25) is 0 Å². The lowest BCUT2D eigenvalue weighted by atomic mass is 9.85. The van der Waals surface area contributed by atoms with Crippen molar-refractivity contribution in [3.63, 3.8) is 0 Å². The van der Waals surface area contributed by atoms with E-state index in [0.717, 1.165) is 0 Å². The molecule has 0 aliphatic carbocycles. The predicted molar refractivity (Wildman–Crippen MR) is 158 cm³/mol. The Bertz CT molecular complexity index is 377. The number of hydrogen-bond acceptors (Lipinski definition) is 1. The molecule has 1 nitrogen and oxygen atoms in total. The normalized spacial score (nSPS) is 12.7. The lowest BCUT2D eigenvalue weighted by molar-refractivity contribution is 0.00161. The van der Waals surface area contributed by atoms with Crippen molar-refractivity contribution >= 4 is 0 Å². The molecule has 0 atom stereocenters. The Labute approximate surface area is 218 Å². The van der Waals surface area contributed by atoms with Crippen molar-refractivity contribution in [1.82, 2.24) is 4.90 Å². The van der Waals surface area contributed by atoms with Gasteiger partial charge in [0.15, 0.2) is 0 Å². The molecule has 0 aliphatic heterocycles. The maximum atomic E-state index is 2.92. The van der Waals surface area contributed by atoms with Gasteiger partial charge in [-0.15, -0.1) is 0 Å². The van der Waals surface area contributed by atoms with E-state index in [4.69, 9.17) is 0 Å². The van der Waals surface area contributed by atoms with Gasteiger partial charge in [-0.1, -0.05) is 149 Å². The Morgan fingerprint density at radius 1 is 0.353 bits per heavy atom. The molecule has 0 heterocycles. The van der Waals surface area contributed by atoms with Crippen molar-refractivity contribution in [2.75, 3.05) is 6.54 Å². The molecule has 0 fully saturated rings. The van der Waals surface area contributed by atoms with Crippen molar-refractivity contribution in [1.29, 1.82) is 0 Å². The smallest absolute Gasteiger partial charge is 0.0158 e. The zero-order valence-electron chi connectivity index (χ0n) is 25.4. The van der Waals surface area contributed by atoms with Gasteiger partial charge < -0.3 is 0 Å². The van der Waals surface area contributed by atoms with Crippen LogP contribution in [0.4, 0.5) is 0 Å². The summed E-state index contributed by atoms with van der Waals surface area (Å²) in [5, 5.41) is 0. The van der Waals surface area contributed by atoms with Crippen molar-refractivity contribution in [2.45, 2.75) is 207 Å². The fraction of sp³-hybridized carbons (Fsp3) is 1.00. The molecule has 0 unspecified atom stereocenters. The highest BCUT2D eigenvalue weighted by Gasteiger charge is 2.36. The van der Waals surface area contributed by atoms with Gasteiger partial charge in [0.05, 0.1) is 0 Å². The zero-order chi connectivity index (χ0) is 25.5. The molecule has 0 saturated heterocycles. The van der Waals surface area contributed by atoms with Crippen LogP contribution in [0.1, 0.15) is 196 Å². The van der Waals surface area contributed by atoms with Crippen LogP contribution in [0.15, 0.2) is 0 Å². The first-order chi connectivity index (χ1) is 16.3. The van der Waals surface area contributed by atoms with Crippen molar-refractivity contribution in [3.8, 4) is 0 Å². The summed E-state index contributed by atoms with van der Waals surface area (Å²) in [7, 11) is 0. The van der Waals surface area contributed by atoms with E-state index in [1.807, 2.05) is 0 Å².